The third-order valence-corrected chi connectivity index (χ3v) is 5.63. The zero-order valence-electron chi connectivity index (χ0n) is 12.1. The molecule has 7 nitrogen and oxygen atoms in total. The van der Waals surface area contributed by atoms with Crippen molar-refractivity contribution in [1.29, 1.82) is 5.26 Å². The van der Waals surface area contributed by atoms with Gasteiger partial charge in [0.2, 0.25) is 10.0 Å². The van der Waals surface area contributed by atoms with Crippen LogP contribution in [0.15, 0.2) is 34.2 Å². The average molecular weight is 339 g/mol. The Morgan fingerprint density at radius 3 is 2.55 bits per heavy atom. The van der Waals surface area contributed by atoms with E-state index in [9.17, 15) is 8.42 Å². The lowest BCUT2D eigenvalue weighted by Gasteiger charge is -2.26. The average Bonchev–Trinajstić information content (AvgIpc) is 2.55. The smallest absolute Gasteiger partial charge is 0.243 e. The molecule has 22 heavy (non-hydrogen) atoms. The van der Waals surface area contributed by atoms with E-state index in [4.69, 9.17) is 5.26 Å². The van der Waals surface area contributed by atoms with Crippen LogP contribution in [0.3, 0.4) is 0 Å². The van der Waals surface area contributed by atoms with E-state index in [1.165, 1.54) is 16.1 Å². The maximum Gasteiger partial charge on any atom is 0.243 e. The van der Waals surface area contributed by atoms with Gasteiger partial charge in [-0.05, 0) is 30.5 Å². The van der Waals surface area contributed by atoms with Crippen molar-refractivity contribution in [2.45, 2.75) is 4.90 Å². The van der Waals surface area contributed by atoms with E-state index < -0.39 is 10.0 Å². The molecule has 0 aromatic heterocycles. The number of thioether (sulfide) groups is 1. The van der Waals surface area contributed by atoms with E-state index in [-0.39, 0.29) is 4.90 Å². The molecule has 1 heterocycles. The fourth-order valence-corrected chi connectivity index (χ4v) is 3.80. The largest absolute Gasteiger partial charge is 0.314 e. The molecule has 0 amide bonds. The van der Waals surface area contributed by atoms with Crippen LogP contribution in [0.25, 0.3) is 0 Å². The van der Waals surface area contributed by atoms with E-state index in [0.29, 0.717) is 37.0 Å². The summed E-state index contributed by atoms with van der Waals surface area (Å²) in [6.45, 7) is 2.28. The van der Waals surface area contributed by atoms with Crippen molar-refractivity contribution in [3.05, 3.63) is 24.3 Å². The molecular weight excluding hydrogens is 322 g/mol. The van der Waals surface area contributed by atoms with Crippen LogP contribution in [0.2, 0.25) is 0 Å². The Kier molecular flexibility index (Phi) is 5.79. The van der Waals surface area contributed by atoms with Crippen LogP contribution in [0.4, 0.5) is 5.69 Å². The first-order valence-electron chi connectivity index (χ1n) is 6.66. The molecule has 9 heteroatoms. The summed E-state index contributed by atoms with van der Waals surface area (Å²) in [5.74, 6) is 0. The van der Waals surface area contributed by atoms with Gasteiger partial charge in [-0.1, -0.05) is 11.8 Å². The minimum Gasteiger partial charge on any atom is -0.314 e. The molecular formula is C13H17N5O2S2. The van der Waals surface area contributed by atoms with Crippen molar-refractivity contribution in [2.75, 3.05) is 32.4 Å². The second kappa shape index (κ2) is 7.60. The van der Waals surface area contributed by atoms with E-state index in [2.05, 4.69) is 15.6 Å². The lowest BCUT2D eigenvalue weighted by Crippen LogP contribution is -2.46. The summed E-state index contributed by atoms with van der Waals surface area (Å²) in [4.78, 5) is 4.49. The number of benzene rings is 1. The first kappa shape index (κ1) is 16.8. The van der Waals surface area contributed by atoms with Crippen LogP contribution in [-0.4, -0.2) is 50.3 Å². The van der Waals surface area contributed by atoms with Crippen molar-refractivity contribution >= 4 is 32.6 Å². The van der Waals surface area contributed by atoms with Crippen molar-refractivity contribution in [2.24, 2.45) is 4.99 Å². The highest BCUT2D eigenvalue weighted by molar-refractivity contribution is 8.13. The van der Waals surface area contributed by atoms with Gasteiger partial charge in [-0.25, -0.2) is 13.4 Å². The van der Waals surface area contributed by atoms with Crippen molar-refractivity contribution in [3.63, 3.8) is 0 Å². The third-order valence-electron chi connectivity index (χ3n) is 3.14. The maximum atomic E-state index is 12.5. The molecule has 118 valence electrons. The second-order valence-electron chi connectivity index (χ2n) is 4.51. The Morgan fingerprint density at radius 1 is 1.36 bits per heavy atom. The Balaban J connectivity index is 2.19. The number of hydrogen-bond donors (Lipinski definition) is 2. The molecule has 1 aromatic carbocycles. The molecule has 0 radical (unpaired) electrons. The van der Waals surface area contributed by atoms with Crippen LogP contribution in [-0.2, 0) is 10.0 Å². The predicted molar refractivity (Wildman–Crippen MR) is 87.4 cm³/mol. The third kappa shape index (κ3) is 3.98. The van der Waals surface area contributed by atoms with Crippen molar-refractivity contribution in [1.82, 2.24) is 14.9 Å². The highest BCUT2D eigenvalue weighted by Crippen LogP contribution is 2.21. The molecule has 1 aliphatic rings. The molecule has 0 bridgehead atoms. The van der Waals surface area contributed by atoms with E-state index >= 15 is 0 Å². The van der Waals surface area contributed by atoms with E-state index in [0.717, 1.165) is 0 Å². The Bertz CT molecular complexity index is 673. The molecule has 0 unspecified atom stereocenters. The normalized spacial score (nSPS) is 17.0. The zero-order valence-corrected chi connectivity index (χ0v) is 13.7. The van der Waals surface area contributed by atoms with Gasteiger partial charge in [0.05, 0.1) is 10.6 Å². The Labute approximate surface area is 134 Å². The minimum absolute atomic E-state index is 0.257. The van der Waals surface area contributed by atoms with Gasteiger partial charge in [0, 0.05) is 26.2 Å². The van der Waals surface area contributed by atoms with Crippen LogP contribution in [0.5, 0.6) is 0 Å². The molecule has 1 saturated heterocycles. The van der Waals surface area contributed by atoms with Gasteiger partial charge < -0.3 is 5.32 Å². The van der Waals surface area contributed by atoms with Gasteiger partial charge >= 0.3 is 0 Å². The first-order chi connectivity index (χ1) is 10.6. The lowest BCUT2D eigenvalue weighted by atomic mass is 10.3. The molecule has 0 atom stereocenters. The zero-order chi connectivity index (χ0) is 16.0. The monoisotopic (exact) mass is 339 g/mol. The second-order valence-corrected chi connectivity index (χ2v) is 7.24. The highest BCUT2D eigenvalue weighted by Gasteiger charge is 2.25. The fraction of sp³-hybridized carbons (Fsp3) is 0.385. The summed E-state index contributed by atoms with van der Waals surface area (Å²) in [6, 6.07) is 6.34. The van der Waals surface area contributed by atoms with Crippen LogP contribution in [0, 0.1) is 11.5 Å². The summed E-state index contributed by atoms with van der Waals surface area (Å²) in [6.07, 6.45) is 3.61. The number of sulfonamides is 1. The van der Waals surface area contributed by atoms with E-state index in [1.807, 2.05) is 6.19 Å². The SMILES string of the molecule is CSC(=Nc1ccc(S(=O)(=O)N2CCNCC2)cc1)NC#N. The molecule has 1 fully saturated rings. The van der Waals surface area contributed by atoms with Gasteiger partial charge in [-0.2, -0.15) is 9.57 Å². The number of rotatable bonds is 3. The van der Waals surface area contributed by atoms with Gasteiger partial charge in [0.25, 0.3) is 0 Å². The number of nitriles is 1. The summed E-state index contributed by atoms with van der Waals surface area (Å²) < 4.78 is 26.4. The number of piperazine rings is 1. The summed E-state index contributed by atoms with van der Waals surface area (Å²) in [5.41, 5.74) is 0.589. The van der Waals surface area contributed by atoms with Crippen LogP contribution in [0.1, 0.15) is 0 Å². The Hall–Kier alpha value is -1.60. The first-order valence-corrected chi connectivity index (χ1v) is 9.33. The molecule has 1 aliphatic heterocycles. The minimum atomic E-state index is -3.45. The van der Waals surface area contributed by atoms with Crippen LogP contribution >= 0.6 is 11.8 Å². The van der Waals surface area contributed by atoms with Gasteiger partial charge in [0.1, 0.15) is 0 Å². The number of aliphatic imine (C=N–C) groups is 1. The summed E-state index contributed by atoms with van der Waals surface area (Å²) >= 11 is 1.30. The number of nitrogens with one attached hydrogen (secondary N) is 2. The predicted octanol–water partition coefficient (Wildman–Crippen LogP) is 0.702. The summed E-state index contributed by atoms with van der Waals surface area (Å²) in [5, 5.41) is 14.6. The maximum absolute atomic E-state index is 12.5. The molecule has 1 aromatic rings. The molecule has 0 spiro atoms. The highest BCUT2D eigenvalue weighted by atomic mass is 32.2. The molecule has 2 N–H and O–H groups in total. The number of hydrogen-bond acceptors (Lipinski definition) is 6. The molecule has 0 aliphatic carbocycles. The van der Waals surface area contributed by atoms with Crippen LogP contribution < -0.4 is 10.6 Å². The lowest BCUT2D eigenvalue weighted by molar-refractivity contribution is 0.360. The standard InChI is InChI=1S/C13H17N5O2S2/c1-21-13(16-10-14)17-11-2-4-12(5-3-11)22(19,20)18-8-6-15-7-9-18/h2-5,15H,6-9H2,1H3,(H,16,17). The van der Waals surface area contributed by atoms with Gasteiger partial charge in [-0.15, -0.1) is 0 Å². The summed E-state index contributed by atoms with van der Waals surface area (Å²) in [7, 11) is -3.45. The van der Waals surface area contributed by atoms with Crippen molar-refractivity contribution < 1.29 is 8.42 Å². The Morgan fingerprint density at radius 2 is 2.00 bits per heavy atom. The fourth-order valence-electron chi connectivity index (χ4n) is 2.02. The topological polar surface area (TPSA) is 97.6 Å². The van der Waals surface area contributed by atoms with E-state index in [1.54, 1.807) is 30.5 Å². The number of amidine groups is 1. The van der Waals surface area contributed by atoms with Gasteiger partial charge in [0.15, 0.2) is 11.4 Å². The van der Waals surface area contributed by atoms with Crippen molar-refractivity contribution in [3.8, 4) is 6.19 Å². The number of nitrogens with zero attached hydrogens (tertiary/aromatic N) is 3. The quantitative estimate of drug-likeness (QED) is 0.364. The molecule has 0 saturated carbocycles. The van der Waals surface area contributed by atoms with Gasteiger partial charge in [-0.3, -0.25) is 5.32 Å². The molecule has 2 rings (SSSR count).